The molecule has 0 bridgehead atoms. The summed E-state index contributed by atoms with van der Waals surface area (Å²) in [4.78, 5) is 0. The summed E-state index contributed by atoms with van der Waals surface area (Å²) in [6.45, 7) is 14.4. The van der Waals surface area contributed by atoms with Crippen molar-refractivity contribution in [3.05, 3.63) is 37.0 Å². The Morgan fingerprint density at radius 1 is 1.40 bits per heavy atom. The van der Waals surface area contributed by atoms with E-state index < -0.39 is 0 Å². The van der Waals surface area contributed by atoms with Gasteiger partial charge in [0.1, 0.15) is 0 Å². The smallest absolute Gasteiger partial charge is 0.0428 e. The first-order valence-corrected chi connectivity index (χ1v) is 3.56. The topological polar surface area (TPSA) is 0 Å². The molecule has 0 aliphatic heterocycles. The lowest BCUT2D eigenvalue weighted by Crippen LogP contribution is -1.65. The van der Waals surface area contributed by atoms with E-state index >= 15 is 0 Å². The van der Waals surface area contributed by atoms with Crippen LogP contribution >= 0.6 is 11.6 Å². The van der Waals surface area contributed by atoms with Crippen LogP contribution in [-0.4, -0.2) is 5.88 Å². The zero-order valence-electron chi connectivity index (χ0n) is 6.78. The monoisotopic (exact) mass is 158 g/mol. The van der Waals surface area contributed by atoms with Crippen LogP contribution in [0.3, 0.4) is 0 Å². The van der Waals surface area contributed by atoms with Crippen molar-refractivity contribution in [2.24, 2.45) is 0 Å². The highest BCUT2D eigenvalue weighted by molar-refractivity contribution is 6.19. The number of rotatable bonds is 2. The van der Waals surface area contributed by atoms with Crippen LogP contribution in [0.25, 0.3) is 0 Å². The third-order valence-electron chi connectivity index (χ3n) is 0.577. The normalized spacial score (nSPS) is 7.10. The van der Waals surface area contributed by atoms with Crippen molar-refractivity contribution in [2.75, 3.05) is 5.88 Å². The maximum absolute atomic E-state index is 5.24. The predicted octanol–water partition coefficient (Wildman–Crippen LogP) is 3.55. The van der Waals surface area contributed by atoms with Gasteiger partial charge >= 0.3 is 0 Å². The van der Waals surface area contributed by atoms with Gasteiger partial charge in [0.15, 0.2) is 0 Å². The van der Waals surface area contributed by atoms with Crippen molar-refractivity contribution in [1.29, 1.82) is 0 Å². The Kier molecular flexibility index (Phi) is 10.4. The molecule has 0 rings (SSSR count). The number of hydrogen-bond donors (Lipinski definition) is 0. The standard InChI is InChI=1S/C5H8.C4H7Cl/c1-4-5(2)3;1-4(2)3-5/h4H,1-2H2,3H3;1,3H2,2H3. The molecule has 0 aliphatic rings. The Balaban J connectivity index is 0. The summed E-state index contributed by atoms with van der Waals surface area (Å²) in [6.07, 6.45) is 1.72. The fraction of sp³-hybridized carbons (Fsp3) is 0.333. The number of alkyl halides is 1. The van der Waals surface area contributed by atoms with Crippen molar-refractivity contribution in [1.82, 2.24) is 0 Å². The van der Waals surface area contributed by atoms with Gasteiger partial charge in [-0.15, -0.1) is 11.6 Å². The molecular weight excluding hydrogens is 144 g/mol. The Morgan fingerprint density at radius 3 is 1.60 bits per heavy atom. The highest BCUT2D eigenvalue weighted by Gasteiger charge is 1.70. The Bertz CT molecular complexity index is 123. The molecule has 0 atom stereocenters. The van der Waals surface area contributed by atoms with Gasteiger partial charge in [-0.1, -0.05) is 37.0 Å². The molecule has 58 valence electrons. The Morgan fingerprint density at radius 2 is 1.60 bits per heavy atom. The average Bonchev–Trinajstić information content (AvgIpc) is 1.89. The van der Waals surface area contributed by atoms with E-state index in [0.717, 1.165) is 11.1 Å². The van der Waals surface area contributed by atoms with E-state index in [-0.39, 0.29) is 0 Å². The molecule has 0 fully saturated rings. The van der Waals surface area contributed by atoms with Crippen molar-refractivity contribution >= 4 is 11.6 Å². The maximum atomic E-state index is 5.24. The Labute approximate surface area is 68.9 Å². The van der Waals surface area contributed by atoms with Crippen LogP contribution in [0.15, 0.2) is 37.0 Å². The van der Waals surface area contributed by atoms with Crippen molar-refractivity contribution in [3.8, 4) is 0 Å². The lowest BCUT2D eigenvalue weighted by molar-refractivity contribution is 1.43. The first-order valence-electron chi connectivity index (χ1n) is 3.02. The van der Waals surface area contributed by atoms with Gasteiger partial charge in [0.2, 0.25) is 0 Å². The summed E-state index contributed by atoms with van der Waals surface area (Å²) < 4.78 is 0. The first-order chi connectivity index (χ1) is 4.54. The minimum Gasteiger partial charge on any atom is -0.122 e. The first kappa shape index (κ1) is 12.2. The fourth-order valence-electron chi connectivity index (χ4n) is 0. The molecule has 0 radical (unpaired) electrons. The second-order valence-corrected chi connectivity index (χ2v) is 2.41. The van der Waals surface area contributed by atoms with E-state index in [1.807, 2.05) is 13.8 Å². The van der Waals surface area contributed by atoms with Crippen molar-refractivity contribution in [2.45, 2.75) is 13.8 Å². The summed E-state index contributed by atoms with van der Waals surface area (Å²) in [6, 6.07) is 0. The van der Waals surface area contributed by atoms with E-state index in [1.54, 1.807) is 6.08 Å². The van der Waals surface area contributed by atoms with Crippen LogP contribution in [0.5, 0.6) is 0 Å². The van der Waals surface area contributed by atoms with Gasteiger partial charge in [0.25, 0.3) is 0 Å². The quantitative estimate of drug-likeness (QED) is 0.328. The van der Waals surface area contributed by atoms with Crippen LogP contribution in [0.2, 0.25) is 0 Å². The molecule has 0 aromatic rings. The van der Waals surface area contributed by atoms with E-state index in [1.165, 1.54) is 0 Å². The molecule has 0 N–H and O–H groups in total. The van der Waals surface area contributed by atoms with E-state index in [2.05, 4.69) is 19.7 Å². The van der Waals surface area contributed by atoms with Crippen molar-refractivity contribution in [3.63, 3.8) is 0 Å². The molecule has 0 amide bonds. The van der Waals surface area contributed by atoms with Gasteiger partial charge in [0.05, 0.1) is 0 Å². The van der Waals surface area contributed by atoms with Crippen LogP contribution in [-0.2, 0) is 0 Å². The van der Waals surface area contributed by atoms with Crippen LogP contribution in [0.4, 0.5) is 0 Å². The zero-order valence-corrected chi connectivity index (χ0v) is 7.54. The fourth-order valence-corrected chi connectivity index (χ4v) is 0. The van der Waals surface area contributed by atoms with Gasteiger partial charge in [-0.2, -0.15) is 0 Å². The summed E-state index contributed by atoms with van der Waals surface area (Å²) in [5.41, 5.74) is 2.04. The van der Waals surface area contributed by atoms with Gasteiger partial charge in [-0.3, -0.25) is 0 Å². The third-order valence-corrected chi connectivity index (χ3v) is 1.03. The van der Waals surface area contributed by atoms with Crippen LogP contribution < -0.4 is 0 Å². The molecule has 0 unspecified atom stereocenters. The molecule has 0 spiro atoms. The molecule has 0 heterocycles. The van der Waals surface area contributed by atoms with E-state index in [0.29, 0.717) is 5.88 Å². The molecule has 1 heteroatoms. The molecule has 0 aromatic carbocycles. The van der Waals surface area contributed by atoms with Gasteiger partial charge in [0, 0.05) is 5.88 Å². The Hall–Kier alpha value is -0.490. The highest BCUT2D eigenvalue weighted by atomic mass is 35.5. The van der Waals surface area contributed by atoms with Gasteiger partial charge in [-0.25, -0.2) is 0 Å². The summed E-state index contributed by atoms with van der Waals surface area (Å²) in [5, 5.41) is 0. The number of allylic oxidation sites excluding steroid dienone is 3. The molecule has 10 heavy (non-hydrogen) atoms. The largest absolute Gasteiger partial charge is 0.122 e. The third kappa shape index (κ3) is 25.8. The average molecular weight is 159 g/mol. The molecular formula is C9H15Cl. The van der Waals surface area contributed by atoms with Gasteiger partial charge in [-0.05, 0) is 13.8 Å². The summed E-state index contributed by atoms with van der Waals surface area (Å²) in [5.74, 6) is 0.583. The molecule has 0 aliphatic carbocycles. The second-order valence-electron chi connectivity index (χ2n) is 2.14. The SMILES string of the molecule is C=C(C)CCl.C=CC(=C)C. The molecule has 0 saturated carbocycles. The predicted molar refractivity (Wildman–Crippen MR) is 50.5 cm³/mol. The minimum atomic E-state index is 0.583. The lowest BCUT2D eigenvalue weighted by Gasteiger charge is -1.77. The summed E-state index contributed by atoms with van der Waals surface area (Å²) in [7, 11) is 0. The molecule has 0 nitrogen and oxygen atoms in total. The number of halogens is 1. The minimum absolute atomic E-state index is 0.583. The lowest BCUT2D eigenvalue weighted by atomic mass is 10.4. The zero-order chi connectivity index (χ0) is 8.57. The van der Waals surface area contributed by atoms with Crippen LogP contribution in [0, 0.1) is 0 Å². The van der Waals surface area contributed by atoms with Gasteiger partial charge < -0.3 is 0 Å². The maximum Gasteiger partial charge on any atom is 0.0428 e. The van der Waals surface area contributed by atoms with Crippen LogP contribution in [0.1, 0.15) is 13.8 Å². The molecule has 0 aromatic heterocycles. The van der Waals surface area contributed by atoms with E-state index in [4.69, 9.17) is 11.6 Å². The van der Waals surface area contributed by atoms with E-state index in [9.17, 15) is 0 Å². The number of hydrogen-bond acceptors (Lipinski definition) is 0. The summed E-state index contributed by atoms with van der Waals surface area (Å²) >= 11 is 5.24. The van der Waals surface area contributed by atoms with Crippen molar-refractivity contribution < 1.29 is 0 Å². The highest BCUT2D eigenvalue weighted by Crippen LogP contribution is 1.86. The molecule has 0 saturated heterocycles. The second kappa shape index (κ2) is 8.51.